The van der Waals surface area contributed by atoms with Crippen LogP contribution in [0.4, 0.5) is 5.82 Å². The summed E-state index contributed by atoms with van der Waals surface area (Å²) in [7, 11) is 0. The topological polar surface area (TPSA) is 73.1 Å². The zero-order valence-corrected chi connectivity index (χ0v) is 13.0. The van der Waals surface area contributed by atoms with Crippen LogP contribution in [0.15, 0.2) is 35.1 Å². The van der Waals surface area contributed by atoms with Gasteiger partial charge in [-0.25, -0.2) is 4.98 Å². The number of hydrogen-bond acceptors (Lipinski definition) is 6. The van der Waals surface area contributed by atoms with E-state index in [-0.39, 0.29) is 6.10 Å². The third-order valence-electron chi connectivity index (χ3n) is 4.12. The molecule has 1 aliphatic heterocycles. The molecule has 0 spiro atoms. The van der Waals surface area contributed by atoms with Crippen molar-refractivity contribution >= 4 is 16.9 Å². The Hall–Kier alpha value is -2.47. The zero-order valence-electron chi connectivity index (χ0n) is 13.0. The third-order valence-corrected chi connectivity index (χ3v) is 4.12. The molecule has 1 atom stereocenters. The highest BCUT2D eigenvalue weighted by atomic mass is 16.5. The fraction of sp³-hybridized carbons (Fsp3) is 0.353. The number of benzene rings is 1. The molecular weight excluding hydrogens is 292 g/mol. The number of aryl methyl sites for hydroxylation is 1. The minimum atomic E-state index is 0.239. The summed E-state index contributed by atoms with van der Waals surface area (Å²) in [6.07, 6.45) is 3.93. The van der Waals surface area contributed by atoms with Crippen molar-refractivity contribution in [3.63, 3.8) is 0 Å². The van der Waals surface area contributed by atoms with Crippen LogP contribution in [0.25, 0.3) is 22.4 Å². The molecule has 0 saturated carbocycles. The maximum Gasteiger partial charge on any atom is 0.263 e. The van der Waals surface area contributed by atoms with E-state index in [1.807, 2.05) is 12.1 Å². The van der Waals surface area contributed by atoms with Crippen molar-refractivity contribution in [3.8, 4) is 11.3 Å². The number of anilines is 1. The Morgan fingerprint density at radius 2 is 2.09 bits per heavy atom. The van der Waals surface area contributed by atoms with E-state index in [0.29, 0.717) is 5.71 Å². The van der Waals surface area contributed by atoms with Crippen LogP contribution in [-0.4, -0.2) is 34.4 Å². The maximum absolute atomic E-state index is 5.65. The number of rotatable bonds is 4. The summed E-state index contributed by atoms with van der Waals surface area (Å²) < 4.78 is 11.0. The molecule has 0 amide bonds. The molecule has 6 nitrogen and oxygen atoms in total. The van der Waals surface area contributed by atoms with E-state index in [2.05, 4.69) is 39.5 Å². The monoisotopic (exact) mass is 310 g/mol. The van der Waals surface area contributed by atoms with Crippen LogP contribution in [0.2, 0.25) is 0 Å². The average molecular weight is 310 g/mol. The number of hydrogen-bond donors (Lipinski definition) is 1. The number of nitrogens with zero attached hydrogens (tertiary/aromatic N) is 3. The van der Waals surface area contributed by atoms with Crippen LogP contribution in [-0.2, 0) is 4.74 Å². The van der Waals surface area contributed by atoms with Gasteiger partial charge in [0, 0.05) is 18.7 Å². The van der Waals surface area contributed by atoms with Crippen molar-refractivity contribution in [3.05, 3.63) is 36.2 Å². The number of aromatic nitrogens is 3. The highest BCUT2D eigenvalue weighted by Gasteiger charge is 2.19. The predicted molar refractivity (Wildman–Crippen MR) is 87.2 cm³/mol. The molecule has 1 N–H and O–H groups in total. The van der Waals surface area contributed by atoms with E-state index in [1.165, 1.54) is 11.9 Å². The lowest BCUT2D eigenvalue weighted by Crippen LogP contribution is -2.19. The fourth-order valence-electron chi connectivity index (χ4n) is 2.84. The van der Waals surface area contributed by atoms with Gasteiger partial charge in [-0.1, -0.05) is 35.0 Å². The SMILES string of the molecule is Cc1ccc(-c2noc3ncnc(NCC4CCCO4)c23)cc1. The van der Waals surface area contributed by atoms with Gasteiger partial charge in [0.1, 0.15) is 23.2 Å². The van der Waals surface area contributed by atoms with E-state index < -0.39 is 0 Å². The summed E-state index contributed by atoms with van der Waals surface area (Å²) in [5.41, 5.74) is 3.44. The molecule has 0 bridgehead atoms. The molecule has 1 saturated heterocycles. The van der Waals surface area contributed by atoms with Crippen molar-refractivity contribution < 1.29 is 9.26 Å². The minimum absolute atomic E-state index is 0.239. The van der Waals surface area contributed by atoms with Gasteiger partial charge in [0.15, 0.2) is 0 Å². The Kier molecular flexibility index (Phi) is 3.67. The molecule has 0 aliphatic carbocycles. The quantitative estimate of drug-likeness (QED) is 0.798. The van der Waals surface area contributed by atoms with Gasteiger partial charge >= 0.3 is 0 Å². The van der Waals surface area contributed by atoms with Gasteiger partial charge in [-0.2, -0.15) is 4.98 Å². The van der Waals surface area contributed by atoms with Gasteiger partial charge in [0.2, 0.25) is 0 Å². The van der Waals surface area contributed by atoms with E-state index in [4.69, 9.17) is 9.26 Å². The molecule has 4 rings (SSSR count). The van der Waals surface area contributed by atoms with Crippen molar-refractivity contribution in [1.82, 2.24) is 15.1 Å². The second-order valence-corrected chi connectivity index (χ2v) is 5.82. The first-order valence-electron chi connectivity index (χ1n) is 7.84. The van der Waals surface area contributed by atoms with Crippen molar-refractivity contribution in [1.29, 1.82) is 0 Å². The van der Waals surface area contributed by atoms with Crippen LogP contribution in [0.5, 0.6) is 0 Å². The van der Waals surface area contributed by atoms with E-state index >= 15 is 0 Å². The van der Waals surface area contributed by atoms with Crippen LogP contribution < -0.4 is 5.32 Å². The van der Waals surface area contributed by atoms with Gasteiger partial charge in [-0.3, -0.25) is 0 Å². The Bertz CT molecular complexity index is 807. The summed E-state index contributed by atoms with van der Waals surface area (Å²) in [6.45, 7) is 3.63. The lowest BCUT2D eigenvalue weighted by atomic mass is 10.1. The highest BCUT2D eigenvalue weighted by Crippen LogP contribution is 2.31. The van der Waals surface area contributed by atoms with Crippen molar-refractivity contribution in [2.24, 2.45) is 0 Å². The number of ether oxygens (including phenoxy) is 1. The molecule has 3 aromatic rings. The standard InChI is InChI=1S/C17H18N4O2/c1-11-4-6-12(7-5-11)15-14-16(18-9-13-3-2-8-22-13)19-10-20-17(14)23-21-15/h4-7,10,13H,2-3,8-9H2,1H3,(H,18,19,20). The average Bonchev–Trinajstić information content (AvgIpc) is 3.23. The van der Waals surface area contributed by atoms with Crippen LogP contribution in [0.1, 0.15) is 18.4 Å². The van der Waals surface area contributed by atoms with E-state index in [9.17, 15) is 0 Å². The molecule has 3 heterocycles. The Morgan fingerprint density at radius 1 is 1.22 bits per heavy atom. The van der Waals surface area contributed by atoms with Gasteiger partial charge in [0.05, 0.1) is 6.10 Å². The molecule has 1 aromatic carbocycles. The van der Waals surface area contributed by atoms with Gasteiger partial charge in [-0.15, -0.1) is 0 Å². The van der Waals surface area contributed by atoms with E-state index in [1.54, 1.807) is 0 Å². The first-order valence-corrected chi connectivity index (χ1v) is 7.84. The molecule has 0 radical (unpaired) electrons. The summed E-state index contributed by atoms with van der Waals surface area (Å²) in [4.78, 5) is 8.54. The molecule has 1 fully saturated rings. The Morgan fingerprint density at radius 3 is 2.87 bits per heavy atom. The molecule has 2 aromatic heterocycles. The number of nitrogens with one attached hydrogen (secondary N) is 1. The Balaban J connectivity index is 1.69. The maximum atomic E-state index is 5.65. The third kappa shape index (κ3) is 2.77. The van der Waals surface area contributed by atoms with Gasteiger partial charge in [0.25, 0.3) is 5.71 Å². The van der Waals surface area contributed by atoms with Gasteiger partial charge in [-0.05, 0) is 19.8 Å². The van der Waals surface area contributed by atoms with Crippen molar-refractivity contribution in [2.45, 2.75) is 25.9 Å². The molecule has 6 heteroatoms. The van der Waals surface area contributed by atoms with Crippen molar-refractivity contribution in [2.75, 3.05) is 18.5 Å². The molecule has 1 unspecified atom stereocenters. The normalized spacial score (nSPS) is 17.7. The summed E-state index contributed by atoms with van der Waals surface area (Å²) >= 11 is 0. The highest BCUT2D eigenvalue weighted by molar-refractivity contribution is 5.97. The molecule has 23 heavy (non-hydrogen) atoms. The lowest BCUT2D eigenvalue weighted by molar-refractivity contribution is 0.120. The Labute approximate surface area is 133 Å². The second kappa shape index (κ2) is 5.96. The molecule has 118 valence electrons. The van der Waals surface area contributed by atoms with E-state index in [0.717, 1.165) is 48.5 Å². The lowest BCUT2D eigenvalue weighted by Gasteiger charge is -2.11. The fourth-order valence-corrected chi connectivity index (χ4v) is 2.84. The smallest absolute Gasteiger partial charge is 0.263 e. The summed E-state index contributed by atoms with van der Waals surface area (Å²) in [5.74, 6) is 0.738. The largest absolute Gasteiger partial charge is 0.376 e. The zero-order chi connectivity index (χ0) is 15.6. The first-order chi connectivity index (χ1) is 11.3. The van der Waals surface area contributed by atoms with Crippen LogP contribution in [0, 0.1) is 6.92 Å². The molecule has 1 aliphatic rings. The number of fused-ring (bicyclic) bond motifs is 1. The first kappa shape index (κ1) is 14.1. The van der Waals surface area contributed by atoms with Crippen LogP contribution in [0.3, 0.4) is 0 Å². The minimum Gasteiger partial charge on any atom is -0.376 e. The van der Waals surface area contributed by atoms with Gasteiger partial charge < -0.3 is 14.6 Å². The predicted octanol–water partition coefficient (Wildman–Crippen LogP) is 3.18. The molecular formula is C17H18N4O2. The summed E-state index contributed by atoms with van der Waals surface area (Å²) in [6, 6.07) is 8.17. The summed E-state index contributed by atoms with van der Waals surface area (Å²) in [5, 5.41) is 8.36. The second-order valence-electron chi connectivity index (χ2n) is 5.82. The van der Waals surface area contributed by atoms with Crippen LogP contribution >= 0.6 is 0 Å².